The van der Waals surface area contributed by atoms with E-state index >= 15 is 0 Å². The Kier molecular flexibility index (Phi) is 5.00. The average Bonchev–Trinajstić information content (AvgIpc) is 2.66. The van der Waals surface area contributed by atoms with Crippen molar-refractivity contribution in [3.05, 3.63) is 61.5 Å². The van der Waals surface area contributed by atoms with Gasteiger partial charge < -0.3 is 4.74 Å². The molecular formula is C18H14Br2N4O2S. The zero-order valence-electron chi connectivity index (χ0n) is 14.4. The maximum Gasteiger partial charge on any atom is 0.276 e. The van der Waals surface area contributed by atoms with Gasteiger partial charge in [0.05, 0.1) is 12.5 Å². The van der Waals surface area contributed by atoms with Crippen molar-refractivity contribution in [2.75, 3.05) is 13.4 Å². The summed E-state index contributed by atoms with van der Waals surface area (Å²) < 4.78 is 7.31. The van der Waals surface area contributed by atoms with Gasteiger partial charge in [0.15, 0.2) is 11.3 Å². The van der Waals surface area contributed by atoms with Gasteiger partial charge in [-0.25, -0.2) is 5.01 Å². The monoisotopic (exact) mass is 508 g/mol. The van der Waals surface area contributed by atoms with Crippen molar-refractivity contribution in [2.45, 2.75) is 6.17 Å². The van der Waals surface area contributed by atoms with Gasteiger partial charge in [0, 0.05) is 19.7 Å². The van der Waals surface area contributed by atoms with Crippen LogP contribution < -0.4 is 20.6 Å². The number of nitrogens with zero attached hydrogens (tertiary/aromatic N) is 3. The van der Waals surface area contributed by atoms with Gasteiger partial charge in [-0.3, -0.25) is 15.1 Å². The largest absolute Gasteiger partial charge is 0.496 e. The summed E-state index contributed by atoms with van der Waals surface area (Å²) in [6.45, 7) is 0. The topological polar surface area (TPSA) is 66.3 Å². The summed E-state index contributed by atoms with van der Waals surface area (Å²) in [7, 11) is 1.62. The molecule has 2 aromatic carbocycles. The molecule has 2 heterocycles. The number of halogens is 2. The van der Waals surface area contributed by atoms with Crippen molar-refractivity contribution in [3.63, 3.8) is 0 Å². The van der Waals surface area contributed by atoms with E-state index in [2.05, 4.69) is 42.3 Å². The molecule has 0 radical (unpaired) electrons. The third-order valence-corrected chi connectivity index (χ3v) is 5.79. The lowest BCUT2D eigenvalue weighted by Gasteiger charge is -2.34. The normalized spacial score (nSPS) is 18.1. The fourth-order valence-electron chi connectivity index (χ4n) is 3.05. The number of hydrogen-bond acceptors (Lipinski definition) is 6. The Balaban J connectivity index is 2.03. The highest BCUT2D eigenvalue weighted by Gasteiger charge is 2.35. The molecule has 138 valence electrons. The van der Waals surface area contributed by atoms with Crippen LogP contribution in [0.4, 0.5) is 0 Å². The Morgan fingerprint density at radius 2 is 1.93 bits per heavy atom. The number of amides is 1. The summed E-state index contributed by atoms with van der Waals surface area (Å²) in [5.74, 6) is 0.473. The lowest BCUT2D eigenvalue weighted by Crippen LogP contribution is -2.50. The number of amidine groups is 1. The number of thioether (sulfide) groups is 1. The molecule has 2 aromatic rings. The first-order valence-corrected chi connectivity index (χ1v) is 10.8. The van der Waals surface area contributed by atoms with Crippen LogP contribution in [-0.2, 0) is 4.79 Å². The summed E-state index contributed by atoms with van der Waals surface area (Å²) in [6.07, 6.45) is 1.35. The van der Waals surface area contributed by atoms with Crippen molar-refractivity contribution < 1.29 is 9.53 Å². The molecule has 0 saturated carbocycles. The van der Waals surface area contributed by atoms with E-state index in [1.165, 1.54) is 11.8 Å². The molecule has 0 bridgehead atoms. The van der Waals surface area contributed by atoms with Crippen molar-refractivity contribution in [3.8, 4) is 5.75 Å². The van der Waals surface area contributed by atoms with Crippen LogP contribution in [0, 0.1) is 0 Å². The summed E-state index contributed by atoms with van der Waals surface area (Å²) in [4.78, 5) is 17.8. The molecule has 2 aliphatic rings. The number of methoxy groups -OCH3 is 1. The highest BCUT2D eigenvalue weighted by Crippen LogP contribution is 2.36. The Morgan fingerprint density at radius 1 is 1.19 bits per heavy atom. The number of hydrogen-bond donors (Lipinski definition) is 1. The lowest BCUT2D eigenvalue weighted by molar-refractivity contribution is -0.116. The van der Waals surface area contributed by atoms with Gasteiger partial charge in [0.25, 0.3) is 5.91 Å². The lowest BCUT2D eigenvalue weighted by atomic mass is 10.1. The Hall–Kier alpha value is -1.84. The number of carbonyl (C=O) groups is 1. The highest BCUT2D eigenvalue weighted by molar-refractivity contribution is 9.10. The first kappa shape index (κ1) is 18.5. The molecule has 9 heteroatoms. The number of ether oxygens (including phenoxy) is 1. The minimum atomic E-state index is -0.519. The zero-order chi connectivity index (χ0) is 19.1. The van der Waals surface area contributed by atoms with E-state index in [-0.39, 0.29) is 5.91 Å². The van der Waals surface area contributed by atoms with E-state index in [0.29, 0.717) is 16.6 Å². The number of hydrazone groups is 1. The second-order valence-corrected chi connectivity index (χ2v) is 8.43. The molecule has 0 spiro atoms. The van der Waals surface area contributed by atoms with Gasteiger partial charge in [-0.05, 0) is 42.7 Å². The van der Waals surface area contributed by atoms with E-state index in [1.807, 2.05) is 42.7 Å². The Morgan fingerprint density at radius 3 is 2.67 bits per heavy atom. The van der Waals surface area contributed by atoms with Crippen LogP contribution in [0.15, 0.2) is 55.4 Å². The van der Waals surface area contributed by atoms with Crippen LogP contribution >= 0.6 is 43.6 Å². The van der Waals surface area contributed by atoms with Gasteiger partial charge in [-0.2, -0.15) is 0 Å². The maximum absolute atomic E-state index is 12.9. The van der Waals surface area contributed by atoms with Crippen LogP contribution in [0.2, 0.25) is 0 Å². The SMILES string of the molecule is COc1ccc(Br)cc1[C@@H]1N=c2ccc(Br)cc2=C2C(=O)NC(SC)=NN21. The summed E-state index contributed by atoms with van der Waals surface area (Å²) >= 11 is 8.36. The molecular weight excluding hydrogens is 496 g/mol. The average molecular weight is 510 g/mol. The third-order valence-electron chi connectivity index (χ3n) is 4.23. The van der Waals surface area contributed by atoms with E-state index in [0.717, 1.165) is 25.1 Å². The first-order chi connectivity index (χ1) is 13.0. The molecule has 4 rings (SSSR count). The fourth-order valence-corrected chi connectivity index (χ4v) is 4.16. The highest BCUT2D eigenvalue weighted by atomic mass is 79.9. The molecule has 6 nitrogen and oxygen atoms in total. The van der Waals surface area contributed by atoms with Gasteiger partial charge in [0.1, 0.15) is 11.4 Å². The summed E-state index contributed by atoms with van der Waals surface area (Å²) in [6, 6.07) is 11.4. The molecule has 27 heavy (non-hydrogen) atoms. The Bertz CT molecular complexity index is 1100. The smallest absolute Gasteiger partial charge is 0.276 e. The summed E-state index contributed by atoms with van der Waals surface area (Å²) in [5, 5.41) is 11.1. The standard InChI is InChI=1S/C18H14Br2N4O2S/c1-26-14-6-4-10(20)8-12(14)16-21-13-5-3-9(19)7-11(13)15-17(25)22-18(27-2)23-24(15)16/h3-8,16H,1-2H3,(H,22,23,25)/t16-/m1/s1. The van der Waals surface area contributed by atoms with Crippen LogP contribution in [0.5, 0.6) is 5.75 Å². The van der Waals surface area contributed by atoms with E-state index in [9.17, 15) is 4.79 Å². The van der Waals surface area contributed by atoms with Crippen molar-refractivity contribution >= 4 is 60.4 Å². The van der Waals surface area contributed by atoms with Crippen LogP contribution in [0.3, 0.4) is 0 Å². The first-order valence-electron chi connectivity index (χ1n) is 7.96. The molecule has 2 aliphatic heterocycles. The molecule has 0 unspecified atom stereocenters. The molecule has 1 atom stereocenters. The minimum Gasteiger partial charge on any atom is -0.496 e. The zero-order valence-corrected chi connectivity index (χ0v) is 18.4. The second kappa shape index (κ2) is 7.29. The third kappa shape index (κ3) is 3.28. The fraction of sp³-hybridized carbons (Fsp3) is 0.167. The molecule has 0 aromatic heterocycles. The van der Waals surface area contributed by atoms with Crippen LogP contribution in [0.1, 0.15) is 11.7 Å². The number of nitrogens with one attached hydrogen (secondary N) is 1. The van der Waals surface area contributed by atoms with E-state index in [1.54, 1.807) is 12.1 Å². The number of rotatable bonds is 2. The van der Waals surface area contributed by atoms with Gasteiger partial charge in [-0.15, -0.1) is 5.10 Å². The predicted octanol–water partition coefficient (Wildman–Crippen LogP) is 2.73. The quantitative estimate of drug-likeness (QED) is 0.676. The Labute approximate surface area is 176 Å². The van der Waals surface area contributed by atoms with Gasteiger partial charge in [-0.1, -0.05) is 43.6 Å². The predicted molar refractivity (Wildman–Crippen MR) is 113 cm³/mol. The maximum atomic E-state index is 12.9. The van der Waals surface area contributed by atoms with Crippen molar-refractivity contribution in [1.82, 2.24) is 10.3 Å². The minimum absolute atomic E-state index is 0.206. The molecule has 0 saturated heterocycles. The van der Waals surface area contributed by atoms with E-state index < -0.39 is 6.17 Å². The van der Waals surface area contributed by atoms with E-state index in [4.69, 9.17) is 9.73 Å². The molecule has 0 fully saturated rings. The number of carbonyl (C=O) groups excluding carboxylic acids is 1. The van der Waals surface area contributed by atoms with Crippen LogP contribution in [0.25, 0.3) is 5.70 Å². The van der Waals surface area contributed by atoms with Crippen molar-refractivity contribution in [2.24, 2.45) is 10.1 Å². The van der Waals surface area contributed by atoms with Gasteiger partial charge in [0.2, 0.25) is 0 Å². The second-order valence-electron chi connectivity index (χ2n) is 5.81. The molecule has 0 aliphatic carbocycles. The number of fused-ring (bicyclic) bond motifs is 2. The summed E-state index contributed by atoms with van der Waals surface area (Å²) in [5.41, 5.74) is 1.28. The van der Waals surface area contributed by atoms with Crippen molar-refractivity contribution in [1.29, 1.82) is 0 Å². The number of benzene rings is 2. The molecule has 1 N–H and O–H groups in total. The van der Waals surface area contributed by atoms with Gasteiger partial charge >= 0.3 is 0 Å². The van der Waals surface area contributed by atoms with Crippen LogP contribution in [-0.4, -0.2) is 29.4 Å². The molecule has 1 amide bonds.